The summed E-state index contributed by atoms with van der Waals surface area (Å²) in [5, 5.41) is 3.95. The number of alkyl halides is 3. The van der Waals surface area contributed by atoms with Crippen molar-refractivity contribution in [1.82, 2.24) is 20.1 Å². The number of hydrogen-bond donors (Lipinski definition) is 1. The molecule has 2 heterocycles. The van der Waals surface area contributed by atoms with E-state index in [1.54, 1.807) is 12.4 Å². The molecule has 1 atom stereocenters. The van der Waals surface area contributed by atoms with Gasteiger partial charge in [0.25, 0.3) is 5.89 Å². The first-order chi connectivity index (χ1) is 13.3. The number of H-pyrrole nitrogens is 1. The van der Waals surface area contributed by atoms with Crippen LogP contribution in [0.2, 0.25) is 5.02 Å². The minimum Gasteiger partial charge on any atom is -0.480 e. The van der Waals surface area contributed by atoms with Gasteiger partial charge in [0.05, 0.1) is 22.4 Å². The summed E-state index contributed by atoms with van der Waals surface area (Å²) in [5.74, 6) is 0.449. The highest BCUT2D eigenvalue weighted by atomic mass is 35.5. The van der Waals surface area contributed by atoms with Gasteiger partial charge in [-0.05, 0) is 43.3 Å². The Morgan fingerprint density at radius 3 is 2.68 bits per heavy atom. The average Bonchev–Trinajstić information content (AvgIpc) is 3.31. The number of benzene rings is 2. The minimum absolute atomic E-state index is 0.00669. The molecule has 1 N–H and O–H groups in total. The predicted molar refractivity (Wildman–Crippen MR) is 96.0 cm³/mol. The van der Waals surface area contributed by atoms with Crippen molar-refractivity contribution in [1.29, 1.82) is 0 Å². The second-order valence-electron chi connectivity index (χ2n) is 6.00. The van der Waals surface area contributed by atoms with Crippen LogP contribution in [0.25, 0.3) is 33.9 Å². The Kier molecular flexibility index (Phi) is 4.46. The van der Waals surface area contributed by atoms with Gasteiger partial charge < -0.3 is 14.2 Å². The van der Waals surface area contributed by atoms with Crippen molar-refractivity contribution in [2.75, 3.05) is 0 Å². The molecule has 1 unspecified atom stereocenters. The highest BCUT2D eigenvalue weighted by Gasteiger charge is 2.38. The smallest absolute Gasteiger partial charge is 0.425 e. The number of aromatic nitrogens is 4. The Labute approximate surface area is 161 Å². The Balaban J connectivity index is 1.59. The number of nitrogens with zero attached hydrogens (tertiary/aromatic N) is 3. The van der Waals surface area contributed by atoms with Crippen LogP contribution >= 0.6 is 11.6 Å². The van der Waals surface area contributed by atoms with E-state index in [1.807, 2.05) is 12.1 Å². The molecule has 0 radical (unpaired) electrons. The molecule has 0 spiro atoms. The Morgan fingerprint density at radius 1 is 1.14 bits per heavy atom. The summed E-state index contributed by atoms with van der Waals surface area (Å²) in [6, 6.07) is 9.71. The summed E-state index contributed by atoms with van der Waals surface area (Å²) in [4.78, 5) is 11.5. The van der Waals surface area contributed by atoms with Gasteiger partial charge in [0.2, 0.25) is 5.82 Å². The van der Waals surface area contributed by atoms with Gasteiger partial charge in [-0.1, -0.05) is 16.8 Å². The maximum Gasteiger partial charge on any atom is 0.425 e. The van der Waals surface area contributed by atoms with E-state index in [0.717, 1.165) is 23.5 Å². The average molecular weight is 409 g/mol. The molecule has 0 aliphatic heterocycles. The van der Waals surface area contributed by atoms with E-state index in [1.165, 1.54) is 18.2 Å². The van der Waals surface area contributed by atoms with E-state index in [9.17, 15) is 13.2 Å². The van der Waals surface area contributed by atoms with Crippen LogP contribution in [0.4, 0.5) is 13.2 Å². The minimum atomic E-state index is -4.49. The molecule has 4 rings (SSSR count). The second kappa shape index (κ2) is 6.83. The van der Waals surface area contributed by atoms with Gasteiger partial charge in [-0.3, -0.25) is 0 Å². The van der Waals surface area contributed by atoms with Crippen molar-refractivity contribution in [2.24, 2.45) is 0 Å². The Hall–Kier alpha value is -3.07. The number of aromatic amines is 1. The number of imidazole rings is 1. The van der Waals surface area contributed by atoms with E-state index in [-0.39, 0.29) is 16.7 Å². The van der Waals surface area contributed by atoms with Crippen molar-refractivity contribution in [2.45, 2.75) is 19.2 Å². The molecule has 6 nitrogen and oxygen atoms in total. The number of halogens is 4. The number of ether oxygens (including phenoxy) is 1. The molecule has 0 saturated heterocycles. The zero-order chi connectivity index (χ0) is 19.9. The summed E-state index contributed by atoms with van der Waals surface area (Å²) in [7, 11) is 0. The van der Waals surface area contributed by atoms with Crippen LogP contribution in [0.1, 0.15) is 6.92 Å². The number of fused-ring (bicyclic) bond motifs is 1. The Morgan fingerprint density at radius 2 is 1.93 bits per heavy atom. The van der Waals surface area contributed by atoms with Crippen molar-refractivity contribution < 1.29 is 22.4 Å². The van der Waals surface area contributed by atoms with Gasteiger partial charge in [0.1, 0.15) is 5.75 Å². The molecule has 2 aromatic carbocycles. The molecule has 0 aliphatic carbocycles. The highest BCUT2D eigenvalue weighted by Crippen LogP contribution is 2.33. The standard InChI is InChI=1S/C18H12ClF3N4O2/c1-9(18(20,21)22)27-15-5-3-11(6-12(15)19)17-25-16(26-28-17)10-2-4-13-14(7-10)24-8-23-13/h2-9H,1H3,(H,23,24). The van der Waals surface area contributed by atoms with E-state index >= 15 is 0 Å². The third-order valence-corrected chi connectivity index (χ3v) is 4.34. The van der Waals surface area contributed by atoms with Gasteiger partial charge in [0.15, 0.2) is 6.10 Å². The fourth-order valence-corrected chi connectivity index (χ4v) is 2.74. The molecule has 28 heavy (non-hydrogen) atoms. The summed E-state index contributed by atoms with van der Waals surface area (Å²) in [5.41, 5.74) is 2.81. The summed E-state index contributed by atoms with van der Waals surface area (Å²) in [6.07, 6.45) is -4.89. The first kappa shape index (κ1) is 18.3. The molecule has 2 aromatic heterocycles. The van der Waals surface area contributed by atoms with Crippen LogP contribution in [-0.2, 0) is 0 Å². The fraction of sp³-hybridized carbons (Fsp3) is 0.167. The molecular weight excluding hydrogens is 397 g/mol. The van der Waals surface area contributed by atoms with Crippen molar-refractivity contribution in [3.63, 3.8) is 0 Å². The lowest BCUT2D eigenvalue weighted by Gasteiger charge is -2.18. The molecule has 144 valence electrons. The predicted octanol–water partition coefficient (Wildman–Crippen LogP) is 5.26. The third-order valence-electron chi connectivity index (χ3n) is 4.05. The molecule has 0 aliphatic rings. The summed E-state index contributed by atoms with van der Waals surface area (Å²) >= 11 is 6.06. The van der Waals surface area contributed by atoms with Crippen molar-refractivity contribution in [3.05, 3.63) is 47.7 Å². The molecular formula is C18H12ClF3N4O2. The van der Waals surface area contributed by atoms with Crippen LogP contribution in [0.15, 0.2) is 47.2 Å². The maximum atomic E-state index is 12.6. The van der Waals surface area contributed by atoms with Crippen molar-refractivity contribution >= 4 is 22.6 Å². The monoisotopic (exact) mass is 408 g/mol. The molecule has 0 fully saturated rings. The first-order valence-electron chi connectivity index (χ1n) is 8.12. The SMILES string of the molecule is CC(Oc1ccc(-c2nc(-c3ccc4nc[nH]c4c3)no2)cc1Cl)C(F)(F)F. The third kappa shape index (κ3) is 3.53. The quantitative estimate of drug-likeness (QED) is 0.498. The summed E-state index contributed by atoms with van der Waals surface area (Å²) in [6.45, 7) is 0.908. The van der Waals surface area contributed by atoms with Gasteiger partial charge in [-0.2, -0.15) is 18.2 Å². The van der Waals surface area contributed by atoms with Gasteiger partial charge in [-0.25, -0.2) is 4.98 Å². The van der Waals surface area contributed by atoms with Crippen LogP contribution in [0, 0.1) is 0 Å². The zero-order valence-electron chi connectivity index (χ0n) is 14.3. The lowest BCUT2D eigenvalue weighted by atomic mass is 10.2. The molecule has 0 bridgehead atoms. The Bertz CT molecular complexity index is 1140. The second-order valence-corrected chi connectivity index (χ2v) is 6.41. The van der Waals surface area contributed by atoms with Crippen LogP contribution < -0.4 is 4.74 Å². The summed E-state index contributed by atoms with van der Waals surface area (Å²) < 4.78 is 48.1. The number of hydrogen-bond acceptors (Lipinski definition) is 5. The van der Waals surface area contributed by atoms with E-state index in [0.29, 0.717) is 11.4 Å². The molecule has 0 saturated carbocycles. The largest absolute Gasteiger partial charge is 0.480 e. The molecule has 4 aromatic rings. The van der Waals surface area contributed by atoms with Gasteiger partial charge in [-0.15, -0.1) is 0 Å². The first-order valence-corrected chi connectivity index (χ1v) is 8.49. The normalized spacial score (nSPS) is 13.0. The van der Waals surface area contributed by atoms with Gasteiger partial charge >= 0.3 is 6.18 Å². The van der Waals surface area contributed by atoms with E-state index in [4.69, 9.17) is 20.9 Å². The molecule has 10 heteroatoms. The van der Waals surface area contributed by atoms with Crippen LogP contribution in [0.5, 0.6) is 5.75 Å². The topological polar surface area (TPSA) is 76.8 Å². The molecule has 0 amide bonds. The number of nitrogens with one attached hydrogen (secondary N) is 1. The fourth-order valence-electron chi connectivity index (χ4n) is 2.52. The van der Waals surface area contributed by atoms with Crippen molar-refractivity contribution in [3.8, 4) is 28.6 Å². The van der Waals surface area contributed by atoms with Crippen LogP contribution in [-0.4, -0.2) is 32.4 Å². The lowest BCUT2D eigenvalue weighted by Crippen LogP contribution is -2.31. The van der Waals surface area contributed by atoms with E-state index in [2.05, 4.69) is 20.1 Å². The lowest BCUT2D eigenvalue weighted by molar-refractivity contribution is -0.189. The number of rotatable bonds is 4. The highest BCUT2D eigenvalue weighted by molar-refractivity contribution is 6.32. The maximum absolute atomic E-state index is 12.6. The van der Waals surface area contributed by atoms with Gasteiger partial charge in [0, 0.05) is 11.1 Å². The van der Waals surface area contributed by atoms with Crippen LogP contribution in [0.3, 0.4) is 0 Å². The van der Waals surface area contributed by atoms with E-state index < -0.39 is 12.3 Å². The zero-order valence-corrected chi connectivity index (χ0v) is 15.0.